The van der Waals surface area contributed by atoms with Gasteiger partial charge in [0.15, 0.2) is 0 Å². The smallest absolute Gasteiger partial charge is 0.322 e. The zero-order chi connectivity index (χ0) is 18.8. The average molecular weight is 359 g/mol. The summed E-state index contributed by atoms with van der Waals surface area (Å²) in [7, 11) is 0. The number of hydrogen-bond donors (Lipinski definition) is 1. The fraction of sp³-hybridized carbons (Fsp3) is 0.182. The Morgan fingerprint density at radius 2 is 1.70 bits per heavy atom. The van der Waals surface area contributed by atoms with Gasteiger partial charge in [0.2, 0.25) is 0 Å². The van der Waals surface area contributed by atoms with Crippen molar-refractivity contribution in [3.63, 3.8) is 0 Å². The number of carbonyl (C=O) groups excluding carboxylic acids is 2. The summed E-state index contributed by atoms with van der Waals surface area (Å²) in [5.41, 5.74) is 3.40. The zero-order valence-corrected chi connectivity index (χ0v) is 15.0. The van der Waals surface area contributed by atoms with E-state index in [1.807, 2.05) is 60.7 Å². The molecule has 0 radical (unpaired) electrons. The van der Waals surface area contributed by atoms with Crippen molar-refractivity contribution in [3.8, 4) is 0 Å². The predicted octanol–water partition coefficient (Wildman–Crippen LogP) is 3.24. The van der Waals surface area contributed by atoms with Crippen LogP contribution in [-0.2, 0) is 11.3 Å². The maximum absolute atomic E-state index is 13.2. The summed E-state index contributed by atoms with van der Waals surface area (Å²) in [5.74, 6) is -0.0308. The topological polar surface area (TPSA) is 52.7 Å². The number of amides is 3. The van der Waals surface area contributed by atoms with Gasteiger partial charge in [0, 0.05) is 13.1 Å². The molecule has 0 unspecified atom stereocenters. The lowest BCUT2D eigenvalue weighted by atomic mass is 9.95. The summed E-state index contributed by atoms with van der Waals surface area (Å²) in [6, 6.07) is 18.9. The summed E-state index contributed by atoms with van der Waals surface area (Å²) in [6.45, 7) is 5.06. The summed E-state index contributed by atoms with van der Waals surface area (Å²) < 4.78 is 0. The number of nitrogens with one attached hydrogen (secondary N) is 1. The first-order chi connectivity index (χ1) is 13.2. The summed E-state index contributed by atoms with van der Waals surface area (Å²) in [5, 5.41) is 2.99. The molecule has 0 aromatic heterocycles. The van der Waals surface area contributed by atoms with Gasteiger partial charge in [0.25, 0.3) is 5.91 Å². The predicted molar refractivity (Wildman–Crippen MR) is 104 cm³/mol. The van der Waals surface area contributed by atoms with Crippen LogP contribution < -0.4 is 5.32 Å². The van der Waals surface area contributed by atoms with Crippen LogP contribution in [0.4, 0.5) is 4.79 Å². The molecule has 5 heteroatoms. The van der Waals surface area contributed by atoms with Crippen molar-refractivity contribution in [2.75, 3.05) is 13.1 Å². The third kappa shape index (κ3) is 3.12. The lowest BCUT2D eigenvalue weighted by Crippen LogP contribution is -2.47. The van der Waals surface area contributed by atoms with Crippen molar-refractivity contribution in [2.45, 2.75) is 12.6 Å². The summed E-state index contributed by atoms with van der Waals surface area (Å²) in [4.78, 5) is 29.3. The Hall–Kier alpha value is -3.34. The molecule has 0 bridgehead atoms. The fourth-order valence-electron chi connectivity index (χ4n) is 3.70. The molecule has 136 valence electrons. The highest BCUT2D eigenvalue weighted by molar-refractivity contribution is 6.01. The van der Waals surface area contributed by atoms with Gasteiger partial charge in [-0.3, -0.25) is 9.69 Å². The molecule has 1 N–H and O–H groups in total. The standard InChI is InChI=1S/C22H21N3O2/c1-2-13-25-18-15-24(14-16-9-5-3-6-10-16)21(26)19(18)20(23-22(25)27)17-11-7-4-8-12-17/h2-12,20H,1,13-15H2,(H,23,27)/t20-/m0/s1. The van der Waals surface area contributed by atoms with Gasteiger partial charge in [-0.1, -0.05) is 66.7 Å². The van der Waals surface area contributed by atoms with Crippen LogP contribution >= 0.6 is 0 Å². The molecule has 2 aromatic rings. The highest BCUT2D eigenvalue weighted by Gasteiger charge is 2.43. The number of rotatable bonds is 5. The van der Waals surface area contributed by atoms with Gasteiger partial charge in [-0.05, 0) is 11.1 Å². The van der Waals surface area contributed by atoms with E-state index in [1.165, 1.54) is 0 Å². The van der Waals surface area contributed by atoms with E-state index in [1.54, 1.807) is 15.9 Å². The highest BCUT2D eigenvalue weighted by atomic mass is 16.2. The SMILES string of the molecule is C=CCN1C(=O)N[C@@H](c2ccccc2)C2=C1CN(Cc1ccccc1)C2=O. The molecule has 0 saturated carbocycles. The second kappa shape index (κ2) is 7.11. The van der Waals surface area contributed by atoms with Crippen molar-refractivity contribution in [2.24, 2.45) is 0 Å². The van der Waals surface area contributed by atoms with E-state index in [4.69, 9.17) is 0 Å². The minimum Gasteiger partial charge on any atom is -0.329 e. The molecule has 1 atom stereocenters. The van der Waals surface area contributed by atoms with E-state index in [-0.39, 0.29) is 11.9 Å². The molecule has 2 aliphatic heterocycles. The van der Waals surface area contributed by atoms with Crippen LogP contribution in [0.1, 0.15) is 17.2 Å². The second-order valence-electron chi connectivity index (χ2n) is 6.70. The van der Waals surface area contributed by atoms with Gasteiger partial charge >= 0.3 is 6.03 Å². The van der Waals surface area contributed by atoms with Gasteiger partial charge in [-0.25, -0.2) is 4.79 Å². The number of carbonyl (C=O) groups is 2. The van der Waals surface area contributed by atoms with Gasteiger partial charge in [0.1, 0.15) is 0 Å². The Labute approximate surface area is 158 Å². The molecule has 0 spiro atoms. The first kappa shape index (κ1) is 17.1. The molecule has 0 aliphatic carbocycles. The van der Waals surface area contributed by atoms with E-state index in [0.717, 1.165) is 16.8 Å². The van der Waals surface area contributed by atoms with Crippen molar-refractivity contribution >= 4 is 11.9 Å². The summed E-state index contributed by atoms with van der Waals surface area (Å²) in [6.07, 6.45) is 1.68. The monoisotopic (exact) mass is 359 g/mol. The van der Waals surface area contributed by atoms with Crippen LogP contribution in [0.5, 0.6) is 0 Å². The molecule has 2 aliphatic rings. The minimum atomic E-state index is -0.428. The highest BCUT2D eigenvalue weighted by Crippen LogP contribution is 2.36. The van der Waals surface area contributed by atoms with Crippen molar-refractivity contribution in [3.05, 3.63) is 95.7 Å². The molecular weight excluding hydrogens is 338 g/mol. The number of benzene rings is 2. The molecular formula is C22H21N3O2. The maximum Gasteiger partial charge on any atom is 0.322 e. The van der Waals surface area contributed by atoms with Crippen LogP contribution in [0, 0.1) is 0 Å². The molecule has 5 nitrogen and oxygen atoms in total. The second-order valence-corrected chi connectivity index (χ2v) is 6.70. The normalized spacial score (nSPS) is 19.2. The first-order valence-corrected chi connectivity index (χ1v) is 8.99. The Kier molecular flexibility index (Phi) is 4.50. The molecule has 2 aromatic carbocycles. The Balaban J connectivity index is 1.70. The zero-order valence-electron chi connectivity index (χ0n) is 15.0. The van der Waals surface area contributed by atoms with E-state index >= 15 is 0 Å². The third-order valence-electron chi connectivity index (χ3n) is 4.96. The van der Waals surface area contributed by atoms with Crippen molar-refractivity contribution < 1.29 is 9.59 Å². The Bertz CT molecular complexity index is 906. The summed E-state index contributed by atoms with van der Waals surface area (Å²) >= 11 is 0. The molecule has 2 heterocycles. The van der Waals surface area contributed by atoms with Gasteiger partial charge < -0.3 is 10.2 Å². The average Bonchev–Trinajstić information content (AvgIpc) is 3.02. The van der Waals surface area contributed by atoms with Crippen LogP contribution in [0.2, 0.25) is 0 Å². The molecule has 3 amide bonds. The Morgan fingerprint density at radius 3 is 2.37 bits per heavy atom. The minimum absolute atomic E-state index is 0.0308. The van der Waals surface area contributed by atoms with E-state index in [2.05, 4.69) is 11.9 Å². The molecule has 0 fully saturated rings. The lowest BCUT2D eigenvalue weighted by Gasteiger charge is -2.33. The number of hydrogen-bond acceptors (Lipinski definition) is 2. The van der Waals surface area contributed by atoms with E-state index in [0.29, 0.717) is 25.2 Å². The molecule has 0 saturated heterocycles. The largest absolute Gasteiger partial charge is 0.329 e. The maximum atomic E-state index is 13.2. The van der Waals surface area contributed by atoms with Crippen LogP contribution in [0.15, 0.2) is 84.6 Å². The fourth-order valence-corrected chi connectivity index (χ4v) is 3.70. The van der Waals surface area contributed by atoms with Crippen molar-refractivity contribution in [1.29, 1.82) is 0 Å². The molecule has 4 rings (SSSR count). The third-order valence-corrected chi connectivity index (χ3v) is 4.96. The van der Waals surface area contributed by atoms with Gasteiger partial charge in [-0.15, -0.1) is 6.58 Å². The van der Waals surface area contributed by atoms with Crippen molar-refractivity contribution in [1.82, 2.24) is 15.1 Å². The van der Waals surface area contributed by atoms with Gasteiger partial charge in [0.05, 0.1) is 23.9 Å². The lowest BCUT2D eigenvalue weighted by molar-refractivity contribution is -0.126. The quantitative estimate of drug-likeness (QED) is 0.834. The van der Waals surface area contributed by atoms with Gasteiger partial charge in [-0.2, -0.15) is 0 Å². The molecule has 27 heavy (non-hydrogen) atoms. The van der Waals surface area contributed by atoms with E-state index in [9.17, 15) is 9.59 Å². The number of urea groups is 1. The first-order valence-electron chi connectivity index (χ1n) is 8.99. The van der Waals surface area contributed by atoms with Crippen LogP contribution in [-0.4, -0.2) is 34.8 Å². The number of nitrogens with zero attached hydrogens (tertiary/aromatic N) is 2. The van der Waals surface area contributed by atoms with Crippen LogP contribution in [0.25, 0.3) is 0 Å². The Morgan fingerprint density at radius 1 is 1.04 bits per heavy atom. The van der Waals surface area contributed by atoms with E-state index < -0.39 is 6.04 Å². The van der Waals surface area contributed by atoms with Crippen LogP contribution in [0.3, 0.4) is 0 Å².